The molecule has 1 aromatic rings. The molecule has 4 aliphatic carbocycles. The minimum absolute atomic E-state index is 0.483. The Balaban J connectivity index is 1.68. The molecule has 5 rings (SSSR count). The average molecular weight is 335 g/mol. The van der Waals surface area contributed by atoms with Crippen molar-refractivity contribution in [1.29, 1.82) is 0 Å². The number of halogens is 1. The van der Waals surface area contributed by atoms with Crippen LogP contribution in [0.1, 0.15) is 50.1 Å². The molecule has 108 valence electrons. The van der Waals surface area contributed by atoms with E-state index in [4.69, 9.17) is 0 Å². The number of aromatic nitrogens is 1. The Morgan fingerprint density at radius 2 is 1.75 bits per heavy atom. The van der Waals surface area contributed by atoms with E-state index < -0.39 is 0 Å². The summed E-state index contributed by atoms with van der Waals surface area (Å²) in [6.45, 7) is 0. The topological polar surface area (TPSA) is 24.9 Å². The molecule has 4 fully saturated rings. The third-order valence-corrected chi connectivity index (χ3v) is 6.54. The second-order valence-corrected chi connectivity index (χ2v) is 8.23. The van der Waals surface area contributed by atoms with Crippen LogP contribution in [-0.2, 0) is 0 Å². The summed E-state index contributed by atoms with van der Waals surface area (Å²) in [6.07, 6.45) is 10.9. The first-order valence-electron chi connectivity index (χ1n) is 7.97. The SMILES string of the molecule is CNC(c1ccc(Br)nc1)C12CC3CC(CC(C3)C1)C2. The van der Waals surface area contributed by atoms with Gasteiger partial charge in [-0.3, -0.25) is 0 Å². The van der Waals surface area contributed by atoms with E-state index >= 15 is 0 Å². The van der Waals surface area contributed by atoms with E-state index in [1.54, 1.807) is 0 Å². The van der Waals surface area contributed by atoms with Crippen LogP contribution in [0.15, 0.2) is 22.9 Å². The maximum absolute atomic E-state index is 4.45. The Labute approximate surface area is 129 Å². The molecule has 4 bridgehead atoms. The van der Waals surface area contributed by atoms with Crippen molar-refractivity contribution in [2.75, 3.05) is 7.05 Å². The van der Waals surface area contributed by atoms with Gasteiger partial charge in [-0.25, -0.2) is 4.98 Å². The van der Waals surface area contributed by atoms with Crippen molar-refractivity contribution in [3.63, 3.8) is 0 Å². The van der Waals surface area contributed by atoms with Gasteiger partial charge in [-0.1, -0.05) is 6.07 Å². The molecule has 20 heavy (non-hydrogen) atoms. The quantitative estimate of drug-likeness (QED) is 0.832. The summed E-state index contributed by atoms with van der Waals surface area (Å²) in [4.78, 5) is 4.45. The van der Waals surface area contributed by atoms with Crippen LogP contribution < -0.4 is 5.32 Å². The number of nitrogens with one attached hydrogen (secondary N) is 1. The fraction of sp³-hybridized carbons (Fsp3) is 0.706. The zero-order valence-electron chi connectivity index (χ0n) is 12.1. The Bertz CT molecular complexity index is 461. The second-order valence-electron chi connectivity index (χ2n) is 7.42. The van der Waals surface area contributed by atoms with E-state index in [1.807, 2.05) is 0 Å². The lowest BCUT2D eigenvalue weighted by Crippen LogP contribution is -2.51. The summed E-state index contributed by atoms with van der Waals surface area (Å²) in [6, 6.07) is 4.81. The first-order chi connectivity index (χ1) is 9.68. The van der Waals surface area contributed by atoms with Gasteiger partial charge in [0.15, 0.2) is 0 Å². The minimum atomic E-state index is 0.483. The van der Waals surface area contributed by atoms with Crippen LogP contribution in [0.2, 0.25) is 0 Å². The lowest BCUT2D eigenvalue weighted by Gasteiger charge is -2.59. The molecular formula is C17H23BrN2. The zero-order chi connectivity index (χ0) is 13.7. The molecule has 0 radical (unpaired) electrons. The van der Waals surface area contributed by atoms with Gasteiger partial charge in [0, 0.05) is 12.2 Å². The van der Waals surface area contributed by atoms with Gasteiger partial charge in [0.25, 0.3) is 0 Å². The number of hydrogen-bond donors (Lipinski definition) is 1. The molecule has 4 aliphatic rings. The van der Waals surface area contributed by atoms with Gasteiger partial charge in [0.1, 0.15) is 4.60 Å². The summed E-state index contributed by atoms with van der Waals surface area (Å²) in [5.41, 5.74) is 1.87. The van der Waals surface area contributed by atoms with E-state index in [0.717, 1.165) is 22.4 Å². The van der Waals surface area contributed by atoms with Crippen molar-refractivity contribution in [3.05, 3.63) is 28.5 Å². The Morgan fingerprint density at radius 3 is 2.20 bits per heavy atom. The summed E-state index contributed by atoms with van der Waals surface area (Å²) in [5.74, 6) is 3.00. The average Bonchev–Trinajstić information content (AvgIpc) is 2.40. The predicted molar refractivity (Wildman–Crippen MR) is 84.3 cm³/mol. The lowest BCUT2D eigenvalue weighted by molar-refractivity contribution is -0.0736. The van der Waals surface area contributed by atoms with Gasteiger partial charge in [0.2, 0.25) is 0 Å². The van der Waals surface area contributed by atoms with Crippen molar-refractivity contribution < 1.29 is 0 Å². The van der Waals surface area contributed by atoms with Gasteiger partial charge in [-0.05, 0) is 96.3 Å². The molecule has 0 amide bonds. The van der Waals surface area contributed by atoms with Crippen LogP contribution >= 0.6 is 15.9 Å². The van der Waals surface area contributed by atoms with Crippen LogP contribution in [0, 0.1) is 23.2 Å². The van der Waals surface area contributed by atoms with Crippen LogP contribution in [0.4, 0.5) is 0 Å². The summed E-state index contributed by atoms with van der Waals surface area (Å²) in [5, 5.41) is 3.64. The van der Waals surface area contributed by atoms with Crippen LogP contribution in [0.25, 0.3) is 0 Å². The van der Waals surface area contributed by atoms with Crippen molar-refractivity contribution in [2.45, 2.75) is 44.6 Å². The number of pyridine rings is 1. The summed E-state index contributed by atoms with van der Waals surface area (Å²) in [7, 11) is 2.13. The highest BCUT2D eigenvalue weighted by molar-refractivity contribution is 9.10. The fourth-order valence-electron chi connectivity index (χ4n) is 5.92. The van der Waals surface area contributed by atoms with E-state index in [9.17, 15) is 0 Å². The highest BCUT2D eigenvalue weighted by Crippen LogP contribution is 2.63. The predicted octanol–water partition coefficient (Wildman–Crippen LogP) is 4.32. The van der Waals surface area contributed by atoms with E-state index in [-0.39, 0.29) is 0 Å². The van der Waals surface area contributed by atoms with Gasteiger partial charge >= 0.3 is 0 Å². The molecule has 0 aromatic carbocycles. The van der Waals surface area contributed by atoms with Gasteiger partial charge in [-0.15, -0.1) is 0 Å². The number of rotatable bonds is 3. The Kier molecular flexibility index (Phi) is 3.19. The van der Waals surface area contributed by atoms with Gasteiger partial charge in [0.05, 0.1) is 0 Å². The molecule has 4 saturated carbocycles. The third kappa shape index (κ3) is 2.05. The lowest BCUT2D eigenvalue weighted by atomic mass is 9.47. The molecule has 2 nitrogen and oxygen atoms in total. The maximum Gasteiger partial charge on any atom is 0.106 e. The molecule has 0 aliphatic heterocycles. The van der Waals surface area contributed by atoms with Crippen LogP contribution in [0.5, 0.6) is 0 Å². The van der Waals surface area contributed by atoms with Crippen molar-refractivity contribution in [2.24, 2.45) is 23.2 Å². The number of nitrogens with zero attached hydrogens (tertiary/aromatic N) is 1. The summed E-state index contributed by atoms with van der Waals surface area (Å²) < 4.78 is 0.932. The van der Waals surface area contributed by atoms with E-state index in [0.29, 0.717) is 11.5 Å². The molecule has 3 heteroatoms. The summed E-state index contributed by atoms with van der Waals surface area (Å²) >= 11 is 3.45. The largest absolute Gasteiger partial charge is 0.312 e. The molecule has 1 atom stereocenters. The zero-order valence-corrected chi connectivity index (χ0v) is 13.7. The molecule has 0 saturated heterocycles. The van der Waals surface area contributed by atoms with Crippen LogP contribution in [-0.4, -0.2) is 12.0 Å². The van der Waals surface area contributed by atoms with Gasteiger partial charge in [-0.2, -0.15) is 0 Å². The van der Waals surface area contributed by atoms with Crippen molar-refractivity contribution >= 4 is 15.9 Å². The number of hydrogen-bond acceptors (Lipinski definition) is 2. The first kappa shape index (κ1) is 13.3. The normalized spacial score (nSPS) is 40.0. The molecule has 1 heterocycles. The standard InChI is InChI=1S/C17H23BrN2/c1-19-16(14-2-3-15(18)20-10-14)17-7-11-4-12(8-17)6-13(5-11)9-17/h2-3,10-13,16,19H,4-9H2,1H3. The smallest absolute Gasteiger partial charge is 0.106 e. The molecule has 0 spiro atoms. The van der Waals surface area contributed by atoms with Gasteiger partial charge < -0.3 is 5.32 Å². The second kappa shape index (κ2) is 4.81. The molecular weight excluding hydrogens is 312 g/mol. The fourth-order valence-corrected chi connectivity index (χ4v) is 6.15. The molecule has 1 aromatic heterocycles. The van der Waals surface area contributed by atoms with E-state index in [1.165, 1.54) is 44.1 Å². The van der Waals surface area contributed by atoms with E-state index in [2.05, 4.69) is 51.6 Å². The van der Waals surface area contributed by atoms with Crippen molar-refractivity contribution in [3.8, 4) is 0 Å². The Morgan fingerprint density at radius 1 is 1.15 bits per heavy atom. The monoisotopic (exact) mass is 334 g/mol. The molecule has 1 N–H and O–H groups in total. The maximum atomic E-state index is 4.45. The highest BCUT2D eigenvalue weighted by Gasteiger charge is 2.54. The van der Waals surface area contributed by atoms with Crippen LogP contribution in [0.3, 0.4) is 0 Å². The third-order valence-electron chi connectivity index (χ3n) is 6.07. The highest BCUT2D eigenvalue weighted by atomic mass is 79.9. The molecule has 1 unspecified atom stereocenters. The Hall–Kier alpha value is -0.410. The van der Waals surface area contributed by atoms with Crippen molar-refractivity contribution in [1.82, 2.24) is 10.3 Å². The minimum Gasteiger partial charge on any atom is -0.312 e. The first-order valence-corrected chi connectivity index (χ1v) is 8.76.